The first-order valence-electron chi connectivity index (χ1n) is 5.21. The average Bonchev–Trinajstić information content (AvgIpc) is 2.37. The van der Waals surface area contributed by atoms with Gasteiger partial charge >= 0.3 is 5.97 Å². The summed E-state index contributed by atoms with van der Waals surface area (Å²) in [4.78, 5) is 15.6. The molecule has 1 heterocycles. The van der Waals surface area contributed by atoms with E-state index in [0.717, 1.165) is 0 Å². The summed E-state index contributed by atoms with van der Waals surface area (Å²) < 4.78 is 17.9. The molecule has 0 aliphatic rings. The van der Waals surface area contributed by atoms with E-state index in [2.05, 4.69) is 9.72 Å². The molecule has 5 heteroatoms. The first kappa shape index (κ1) is 12.0. The van der Waals surface area contributed by atoms with Crippen molar-refractivity contribution in [2.75, 3.05) is 12.8 Å². The molecule has 0 amide bonds. The van der Waals surface area contributed by atoms with Crippen molar-refractivity contribution in [1.29, 1.82) is 0 Å². The van der Waals surface area contributed by atoms with Gasteiger partial charge in [0, 0.05) is 11.8 Å². The van der Waals surface area contributed by atoms with Gasteiger partial charge in [0.25, 0.3) is 0 Å². The molecule has 4 nitrogen and oxygen atoms in total. The average molecular weight is 246 g/mol. The van der Waals surface area contributed by atoms with Gasteiger partial charge in [-0.1, -0.05) is 12.1 Å². The standard InChI is InChI=1S/C13H11FN2O2/c1-18-13(17)10-6-12(15)16-7-11(10)8-3-2-4-9(14)5-8/h2-7H,1H3,(H2,15,16). The van der Waals surface area contributed by atoms with Gasteiger partial charge in [-0.15, -0.1) is 0 Å². The highest BCUT2D eigenvalue weighted by molar-refractivity contribution is 5.97. The fourth-order valence-corrected chi connectivity index (χ4v) is 1.64. The number of hydrogen-bond acceptors (Lipinski definition) is 4. The van der Waals surface area contributed by atoms with E-state index in [1.54, 1.807) is 12.1 Å². The molecule has 18 heavy (non-hydrogen) atoms. The topological polar surface area (TPSA) is 65.2 Å². The van der Waals surface area contributed by atoms with Crippen LogP contribution in [-0.4, -0.2) is 18.1 Å². The lowest BCUT2D eigenvalue weighted by atomic mass is 10.0. The van der Waals surface area contributed by atoms with Crippen molar-refractivity contribution in [2.24, 2.45) is 0 Å². The van der Waals surface area contributed by atoms with E-state index in [4.69, 9.17) is 5.73 Å². The number of benzene rings is 1. The van der Waals surface area contributed by atoms with E-state index in [9.17, 15) is 9.18 Å². The van der Waals surface area contributed by atoms with Crippen LogP contribution in [0.5, 0.6) is 0 Å². The smallest absolute Gasteiger partial charge is 0.338 e. The van der Waals surface area contributed by atoms with E-state index in [1.807, 2.05) is 0 Å². The number of carbonyl (C=O) groups is 1. The number of methoxy groups -OCH3 is 1. The summed E-state index contributed by atoms with van der Waals surface area (Å²) in [5.74, 6) is -0.723. The summed E-state index contributed by atoms with van der Waals surface area (Å²) in [6.45, 7) is 0. The minimum Gasteiger partial charge on any atom is -0.465 e. The van der Waals surface area contributed by atoms with Crippen LogP contribution < -0.4 is 5.73 Å². The molecule has 2 aromatic rings. The number of anilines is 1. The van der Waals surface area contributed by atoms with Gasteiger partial charge < -0.3 is 10.5 Å². The van der Waals surface area contributed by atoms with Crippen LogP contribution in [0.3, 0.4) is 0 Å². The molecule has 1 aromatic carbocycles. The molecule has 1 aromatic heterocycles. The van der Waals surface area contributed by atoms with Crippen molar-refractivity contribution >= 4 is 11.8 Å². The van der Waals surface area contributed by atoms with Gasteiger partial charge in [0.05, 0.1) is 12.7 Å². The number of nitrogens with zero attached hydrogens (tertiary/aromatic N) is 1. The van der Waals surface area contributed by atoms with Crippen molar-refractivity contribution in [1.82, 2.24) is 4.98 Å². The summed E-state index contributed by atoms with van der Waals surface area (Å²) >= 11 is 0. The second kappa shape index (κ2) is 4.83. The SMILES string of the molecule is COC(=O)c1cc(N)ncc1-c1cccc(F)c1. The Labute approximate surface area is 103 Å². The van der Waals surface area contributed by atoms with E-state index < -0.39 is 5.97 Å². The lowest BCUT2D eigenvalue weighted by molar-refractivity contribution is 0.0601. The quantitative estimate of drug-likeness (QED) is 0.825. The zero-order valence-corrected chi connectivity index (χ0v) is 9.68. The molecule has 0 saturated carbocycles. The largest absolute Gasteiger partial charge is 0.465 e. The van der Waals surface area contributed by atoms with Crippen LogP contribution in [0.2, 0.25) is 0 Å². The number of hydrogen-bond donors (Lipinski definition) is 1. The second-order valence-electron chi connectivity index (χ2n) is 3.66. The number of ether oxygens (including phenoxy) is 1. The normalized spacial score (nSPS) is 10.1. The molecule has 0 aliphatic heterocycles. The zero-order chi connectivity index (χ0) is 13.1. The number of pyridine rings is 1. The molecule has 0 bridgehead atoms. The van der Waals surface area contributed by atoms with Gasteiger partial charge in [-0.2, -0.15) is 0 Å². The van der Waals surface area contributed by atoms with Crippen LogP contribution >= 0.6 is 0 Å². The number of esters is 1. The highest BCUT2D eigenvalue weighted by atomic mass is 19.1. The molecule has 0 saturated heterocycles. The Morgan fingerprint density at radius 3 is 2.83 bits per heavy atom. The number of nitrogen functional groups attached to an aromatic ring is 1. The molecule has 92 valence electrons. The fraction of sp³-hybridized carbons (Fsp3) is 0.0769. The summed E-state index contributed by atoms with van der Waals surface area (Å²) in [5.41, 5.74) is 6.82. The summed E-state index contributed by atoms with van der Waals surface area (Å²) in [6, 6.07) is 7.29. The maximum Gasteiger partial charge on any atom is 0.338 e. The van der Waals surface area contributed by atoms with Crippen LogP contribution in [0.25, 0.3) is 11.1 Å². The predicted octanol–water partition coefficient (Wildman–Crippen LogP) is 2.26. The van der Waals surface area contributed by atoms with Gasteiger partial charge in [-0.25, -0.2) is 14.2 Å². The molecular formula is C13H11FN2O2. The van der Waals surface area contributed by atoms with Crippen molar-refractivity contribution in [3.8, 4) is 11.1 Å². The van der Waals surface area contributed by atoms with E-state index in [1.165, 1.54) is 31.5 Å². The Balaban J connectivity index is 2.60. The first-order chi connectivity index (χ1) is 8.61. The minimum absolute atomic E-state index is 0.204. The van der Waals surface area contributed by atoms with Crippen LogP contribution in [0, 0.1) is 5.82 Å². The molecule has 0 fully saturated rings. The van der Waals surface area contributed by atoms with Gasteiger partial charge in [-0.3, -0.25) is 0 Å². The Morgan fingerprint density at radius 2 is 2.17 bits per heavy atom. The highest BCUT2D eigenvalue weighted by Crippen LogP contribution is 2.25. The van der Waals surface area contributed by atoms with E-state index in [0.29, 0.717) is 11.1 Å². The van der Waals surface area contributed by atoms with Crippen molar-refractivity contribution < 1.29 is 13.9 Å². The third-order valence-corrected chi connectivity index (χ3v) is 2.47. The van der Waals surface area contributed by atoms with Crippen LogP contribution in [-0.2, 0) is 4.74 Å². The number of halogens is 1. The highest BCUT2D eigenvalue weighted by Gasteiger charge is 2.14. The second-order valence-corrected chi connectivity index (χ2v) is 3.66. The maximum atomic E-state index is 13.2. The lowest BCUT2D eigenvalue weighted by Crippen LogP contribution is -2.06. The Hall–Kier alpha value is -2.43. The predicted molar refractivity (Wildman–Crippen MR) is 65.4 cm³/mol. The van der Waals surface area contributed by atoms with Crippen LogP contribution in [0.1, 0.15) is 10.4 Å². The third kappa shape index (κ3) is 2.29. The molecule has 2 N–H and O–H groups in total. The van der Waals surface area contributed by atoms with Gasteiger partial charge in [0.15, 0.2) is 0 Å². The third-order valence-electron chi connectivity index (χ3n) is 2.47. The maximum absolute atomic E-state index is 13.2. The van der Waals surface area contributed by atoms with Gasteiger partial charge in [0.2, 0.25) is 0 Å². The first-order valence-corrected chi connectivity index (χ1v) is 5.21. The number of nitrogens with two attached hydrogens (primary N) is 1. The summed E-state index contributed by atoms with van der Waals surface area (Å²) in [7, 11) is 1.27. The molecule has 0 aliphatic carbocycles. The number of carbonyl (C=O) groups excluding carboxylic acids is 1. The zero-order valence-electron chi connectivity index (χ0n) is 9.68. The molecule has 0 radical (unpaired) electrons. The Bertz CT molecular complexity index is 599. The van der Waals surface area contributed by atoms with Crippen molar-refractivity contribution in [3.63, 3.8) is 0 Å². The van der Waals surface area contributed by atoms with Crippen molar-refractivity contribution in [3.05, 3.63) is 47.9 Å². The Morgan fingerprint density at radius 1 is 1.39 bits per heavy atom. The molecule has 0 spiro atoms. The molecule has 2 rings (SSSR count). The van der Waals surface area contributed by atoms with Crippen molar-refractivity contribution in [2.45, 2.75) is 0 Å². The van der Waals surface area contributed by atoms with Gasteiger partial charge in [0.1, 0.15) is 11.6 Å². The Kier molecular flexibility index (Phi) is 3.23. The molecule has 0 atom stereocenters. The van der Waals surface area contributed by atoms with E-state index >= 15 is 0 Å². The fourth-order valence-electron chi connectivity index (χ4n) is 1.64. The van der Waals surface area contributed by atoms with Gasteiger partial charge in [-0.05, 0) is 23.8 Å². The lowest BCUT2D eigenvalue weighted by Gasteiger charge is -2.08. The molecule has 0 unspecified atom stereocenters. The van der Waals surface area contributed by atoms with E-state index in [-0.39, 0.29) is 17.2 Å². The van der Waals surface area contributed by atoms with Crippen LogP contribution in [0.15, 0.2) is 36.5 Å². The molecular weight excluding hydrogens is 235 g/mol. The monoisotopic (exact) mass is 246 g/mol. The minimum atomic E-state index is -0.539. The number of aromatic nitrogens is 1. The number of rotatable bonds is 2. The summed E-state index contributed by atoms with van der Waals surface area (Å²) in [6.07, 6.45) is 1.43. The van der Waals surface area contributed by atoms with Crippen LogP contribution in [0.4, 0.5) is 10.2 Å². The summed E-state index contributed by atoms with van der Waals surface area (Å²) in [5, 5.41) is 0.